The van der Waals surface area contributed by atoms with Crippen LogP contribution in [0.2, 0.25) is 0 Å². The average molecular weight is 533 g/mol. The van der Waals surface area contributed by atoms with Crippen LogP contribution in [0.4, 0.5) is 0 Å². The molecule has 0 saturated carbocycles. The average Bonchev–Trinajstić information content (AvgIpc) is 3.20. The summed E-state index contributed by atoms with van der Waals surface area (Å²) in [6.45, 7) is 8.38. The van der Waals surface area contributed by atoms with E-state index in [2.05, 4.69) is 24.4 Å². The van der Waals surface area contributed by atoms with Crippen LogP contribution in [0.15, 0.2) is 47.5 Å². The number of aryl methyl sites for hydroxylation is 1. The second kappa shape index (κ2) is 10.3. The molecule has 4 atom stereocenters. The monoisotopic (exact) mass is 532 g/mol. The number of amides is 2. The van der Waals surface area contributed by atoms with Crippen molar-refractivity contribution in [3.63, 3.8) is 0 Å². The van der Waals surface area contributed by atoms with Crippen molar-refractivity contribution >= 4 is 17.8 Å². The fraction of sp³-hybridized carbons (Fsp3) is 0.516. The van der Waals surface area contributed by atoms with E-state index >= 15 is 0 Å². The molecule has 3 aliphatic rings. The lowest BCUT2D eigenvalue weighted by atomic mass is 9.80. The lowest BCUT2D eigenvalue weighted by molar-refractivity contribution is -0.135. The van der Waals surface area contributed by atoms with E-state index < -0.39 is 17.2 Å². The maximum absolute atomic E-state index is 13.7. The number of aliphatic imine (C=N–C) groups is 1. The molecule has 2 aromatic rings. The molecule has 8 nitrogen and oxygen atoms in total. The Bertz CT molecular complexity index is 1300. The van der Waals surface area contributed by atoms with Crippen LogP contribution in [0.3, 0.4) is 0 Å². The highest BCUT2D eigenvalue weighted by Crippen LogP contribution is 2.49. The van der Waals surface area contributed by atoms with Gasteiger partial charge >= 0.3 is 0 Å². The third-order valence-electron chi connectivity index (χ3n) is 8.96. The summed E-state index contributed by atoms with van der Waals surface area (Å²) in [4.78, 5) is 33.6. The molecule has 3 N–H and O–H groups in total. The summed E-state index contributed by atoms with van der Waals surface area (Å²) in [5, 5.41) is 3.28. The lowest BCUT2D eigenvalue weighted by Gasteiger charge is -2.42. The number of ether oxygens (including phenoxy) is 2. The molecule has 5 rings (SSSR count). The molecule has 2 amide bonds. The topological polar surface area (TPSA) is 106 Å². The predicted molar refractivity (Wildman–Crippen MR) is 151 cm³/mol. The first kappa shape index (κ1) is 27.2. The van der Waals surface area contributed by atoms with Gasteiger partial charge in [-0.05, 0) is 67.9 Å². The number of nitrogens with two attached hydrogens (primary N) is 1. The smallest absolute Gasteiger partial charge is 0.251 e. The highest BCUT2D eigenvalue weighted by atomic mass is 16.5. The maximum Gasteiger partial charge on any atom is 0.251 e. The molecule has 0 unspecified atom stereocenters. The van der Waals surface area contributed by atoms with E-state index in [-0.39, 0.29) is 36.8 Å². The Morgan fingerprint density at radius 2 is 1.95 bits per heavy atom. The number of rotatable bonds is 7. The minimum atomic E-state index is -0.906. The van der Waals surface area contributed by atoms with E-state index in [1.54, 1.807) is 24.1 Å². The Morgan fingerprint density at radius 1 is 1.21 bits per heavy atom. The van der Waals surface area contributed by atoms with Crippen LogP contribution < -0.4 is 15.8 Å². The zero-order valence-corrected chi connectivity index (χ0v) is 23.6. The number of hydrogen-bond donors (Lipinski definition) is 2. The van der Waals surface area contributed by atoms with Gasteiger partial charge in [0.25, 0.3) is 5.91 Å². The fourth-order valence-corrected chi connectivity index (χ4v) is 6.57. The quantitative estimate of drug-likeness (QED) is 0.538. The summed E-state index contributed by atoms with van der Waals surface area (Å²) < 4.78 is 11.9. The second-order valence-corrected chi connectivity index (χ2v) is 11.5. The number of guanidine groups is 1. The Morgan fingerprint density at radius 3 is 2.64 bits per heavy atom. The summed E-state index contributed by atoms with van der Waals surface area (Å²) in [5.41, 5.74) is 8.81. The van der Waals surface area contributed by atoms with Crippen molar-refractivity contribution in [3.8, 4) is 5.75 Å². The molecular weight excluding hydrogens is 492 g/mol. The molecule has 2 aliphatic heterocycles. The molecule has 0 aromatic heterocycles. The Kier molecular flexibility index (Phi) is 7.18. The first-order chi connectivity index (χ1) is 18.6. The fourth-order valence-electron chi connectivity index (χ4n) is 6.57. The van der Waals surface area contributed by atoms with E-state index in [1.807, 2.05) is 39.0 Å². The van der Waals surface area contributed by atoms with Crippen LogP contribution in [0, 0.1) is 5.92 Å². The summed E-state index contributed by atoms with van der Waals surface area (Å²) in [6, 6.07) is 13.1. The SMILES string of the molecule is CCC1(CC)CC(=O)N([C@H]2c3cc(C(=O)N[C@H]4c5ccccc5CC[C@@H]4C)ccc3O[C@@]2(C)COC)C(N)=N1. The molecule has 0 radical (unpaired) electrons. The van der Waals surface area contributed by atoms with Crippen LogP contribution in [0.1, 0.15) is 92.5 Å². The van der Waals surface area contributed by atoms with E-state index in [0.717, 1.165) is 31.2 Å². The van der Waals surface area contributed by atoms with E-state index in [9.17, 15) is 9.59 Å². The van der Waals surface area contributed by atoms with Gasteiger partial charge in [-0.2, -0.15) is 0 Å². The Labute approximate surface area is 230 Å². The third-order valence-corrected chi connectivity index (χ3v) is 8.96. The van der Waals surface area contributed by atoms with Crippen LogP contribution in [0.5, 0.6) is 5.75 Å². The van der Waals surface area contributed by atoms with Gasteiger partial charge in [-0.25, -0.2) is 4.99 Å². The molecule has 208 valence electrons. The van der Waals surface area contributed by atoms with Crippen LogP contribution in [-0.2, 0) is 16.0 Å². The summed E-state index contributed by atoms with van der Waals surface area (Å²) in [6.07, 6.45) is 3.76. The van der Waals surface area contributed by atoms with Crippen molar-refractivity contribution in [2.45, 2.75) is 83.0 Å². The standard InChI is InChI=1S/C31H40N4O4/c1-6-31(7-2)17-25(36)35(29(32)34-31)27-23-16-21(14-15-24(23)39-30(27,4)18-38-5)28(37)33-26-19(3)12-13-20-10-8-9-11-22(20)26/h8-11,14-16,19,26-27H,6-7,12-13,17-18H2,1-5H3,(H2,32,34)(H,33,37)/t19-,26+,27-,30-/m0/s1. The summed E-state index contributed by atoms with van der Waals surface area (Å²) >= 11 is 0. The van der Waals surface area contributed by atoms with Gasteiger partial charge < -0.3 is 20.5 Å². The van der Waals surface area contributed by atoms with Gasteiger partial charge in [0.2, 0.25) is 5.91 Å². The molecule has 2 aromatic carbocycles. The van der Waals surface area contributed by atoms with Gasteiger partial charge in [0.05, 0.1) is 24.6 Å². The normalized spacial score (nSPS) is 27.3. The van der Waals surface area contributed by atoms with Gasteiger partial charge in [-0.1, -0.05) is 45.0 Å². The van der Waals surface area contributed by atoms with Gasteiger partial charge in [-0.15, -0.1) is 0 Å². The number of carbonyl (C=O) groups excluding carboxylic acids is 2. The highest BCUT2D eigenvalue weighted by Gasteiger charge is 2.53. The van der Waals surface area contributed by atoms with Crippen molar-refractivity contribution in [3.05, 3.63) is 64.7 Å². The summed E-state index contributed by atoms with van der Waals surface area (Å²) in [5.74, 6) is 0.848. The van der Waals surface area contributed by atoms with E-state index in [0.29, 0.717) is 17.2 Å². The van der Waals surface area contributed by atoms with Crippen molar-refractivity contribution in [2.24, 2.45) is 16.6 Å². The zero-order chi connectivity index (χ0) is 27.9. The Balaban J connectivity index is 1.50. The number of nitrogens with zero attached hydrogens (tertiary/aromatic N) is 2. The minimum absolute atomic E-state index is 0.0656. The Hall–Kier alpha value is -3.39. The predicted octanol–water partition coefficient (Wildman–Crippen LogP) is 4.68. The molecule has 8 heteroatoms. The third kappa shape index (κ3) is 4.69. The lowest BCUT2D eigenvalue weighted by Crippen LogP contribution is -2.58. The van der Waals surface area contributed by atoms with Gasteiger partial charge in [0.15, 0.2) is 11.6 Å². The number of methoxy groups -OCH3 is 1. The van der Waals surface area contributed by atoms with Crippen molar-refractivity contribution in [1.82, 2.24) is 10.2 Å². The molecule has 0 fully saturated rings. The number of fused-ring (bicyclic) bond motifs is 2. The van der Waals surface area contributed by atoms with Crippen molar-refractivity contribution in [1.29, 1.82) is 0 Å². The van der Waals surface area contributed by atoms with Crippen LogP contribution >= 0.6 is 0 Å². The second-order valence-electron chi connectivity index (χ2n) is 11.5. The minimum Gasteiger partial charge on any atom is -0.482 e. The van der Waals surface area contributed by atoms with Crippen LogP contribution in [-0.4, -0.2) is 47.5 Å². The largest absolute Gasteiger partial charge is 0.482 e. The number of benzene rings is 2. The molecular formula is C31H40N4O4. The van der Waals surface area contributed by atoms with E-state index in [4.69, 9.17) is 20.2 Å². The number of carbonyl (C=O) groups is 2. The van der Waals surface area contributed by atoms with Crippen LogP contribution in [0.25, 0.3) is 0 Å². The molecule has 1 aliphatic carbocycles. The van der Waals surface area contributed by atoms with Gasteiger partial charge in [0.1, 0.15) is 11.8 Å². The maximum atomic E-state index is 13.7. The van der Waals surface area contributed by atoms with E-state index in [1.165, 1.54) is 11.1 Å². The first-order valence-electron chi connectivity index (χ1n) is 14.0. The summed E-state index contributed by atoms with van der Waals surface area (Å²) in [7, 11) is 1.60. The van der Waals surface area contributed by atoms with Gasteiger partial charge in [0, 0.05) is 18.2 Å². The number of nitrogens with one attached hydrogen (secondary N) is 1. The zero-order valence-electron chi connectivity index (χ0n) is 23.6. The molecule has 39 heavy (non-hydrogen) atoms. The van der Waals surface area contributed by atoms with Gasteiger partial charge in [-0.3, -0.25) is 14.5 Å². The molecule has 0 spiro atoms. The highest BCUT2D eigenvalue weighted by molar-refractivity contribution is 6.00. The van der Waals surface area contributed by atoms with Crippen molar-refractivity contribution in [2.75, 3.05) is 13.7 Å². The molecule has 2 heterocycles. The number of hydrogen-bond acceptors (Lipinski definition) is 6. The molecule has 0 saturated heterocycles. The first-order valence-corrected chi connectivity index (χ1v) is 14.0. The molecule has 0 bridgehead atoms. The van der Waals surface area contributed by atoms with Crippen molar-refractivity contribution < 1.29 is 19.1 Å².